The van der Waals surface area contributed by atoms with E-state index in [4.69, 9.17) is 10.5 Å². The number of aliphatic hydroxyl groups excluding tert-OH is 4. The Morgan fingerprint density at radius 2 is 1.96 bits per heavy atom. The summed E-state index contributed by atoms with van der Waals surface area (Å²) in [5, 5.41) is 57.9. The third-order valence-electron chi connectivity index (χ3n) is 4.11. The van der Waals surface area contributed by atoms with Crippen LogP contribution in [0.5, 0.6) is 0 Å². The van der Waals surface area contributed by atoms with Crippen molar-refractivity contribution in [1.82, 2.24) is 4.98 Å². The molecule has 9 nitrogen and oxygen atoms in total. The van der Waals surface area contributed by atoms with Gasteiger partial charge in [-0.3, -0.25) is 0 Å². The van der Waals surface area contributed by atoms with Crippen LogP contribution >= 0.6 is 12.2 Å². The molecule has 0 aliphatic rings. The van der Waals surface area contributed by atoms with Crippen LogP contribution in [0.25, 0.3) is 10.9 Å². The van der Waals surface area contributed by atoms with Gasteiger partial charge in [0.25, 0.3) is 0 Å². The van der Waals surface area contributed by atoms with E-state index < -0.39 is 36.5 Å². The molecule has 2 rings (SSSR count). The Balaban J connectivity index is 0.00000114. The lowest BCUT2D eigenvalue weighted by Crippen LogP contribution is -2.61. The number of ether oxygens (including phenoxy) is 1. The molecule has 0 radical (unpaired) electrons. The number of hydrogen-bond donors (Lipinski definition) is 7. The molecule has 0 fully saturated rings. The summed E-state index contributed by atoms with van der Waals surface area (Å²) < 4.78 is 4.42. The molecule has 0 aliphatic carbocycles. The van der Waals surface area contributed by atoms with Crippen LogP contribution in [-0.4, -0.2) is 79.3 Å². The smallest absolute Gasteiger partial charge is 0.337 e. The van der Waals surface area contributed by atoms with Crippen LogP contribution in [0.1, 0.15) is 5.56 Å². The number of methoxy groups -OCH3 is 1. The number of aromatic nitrogens is 1. The lowest BCUT2D eigenvalue weighted by molar-refractivity contribution is -0.199. The van der Waals surface area contributed by atoms with Gasteiger partial charge in [-0.05, 0) is 23.8 Å². The summed E-state index contributed by atoms with van der Waals surface area (Å²) in [6.07, 6.45) is -4.64. The fraction of sp³-hybridized carbons (Fsp3) is 0.412. The average Bonchev–Trinajstić information content (AvgIpc) is 3.08. The summed E-state index contributed by atoms with van der Waals surface area (Å²) in [6.45, 7) is -0.856. The van der Waals surface area contributed by atoms with Crippen LogP contribution in [0, 0.1) is 5.41 Å². The second kappa shape index (κ2) is 10.2. The van der Waals surface area contributed by atoms with Crippen LogP contribution in [0.15, 0.2) is 30.5 Å². The minimum atomic E-state index is -2.46. The number of nitrogens with one attached hydrogen (secondary N) is 2. The van der Waals surface area contributed by atoms with E-state index in [0.29, 0.717) is 5.56 Å². The number of thiocarbonyl (C=S) groups is 1. The maximum atomic E-state index is 11.7. The third-order valence-corrected chi connectivity index (χ3v) is 4.11. The molecule has 148 valence electrons. The maximum absolute atomic E-state index is 11.7. The second-order valence-corrected chi connectivity index (χ2v) is 5.95. The van der Waals surface area contributed by atoms with Gasteiger partial charge in [0.2, 0.25) is 0 Å². The first-order chi connectivity index (χ1) is 12.8. The number of isothiocyanates is 1. The summed E-state index contributed by atoms with van der Waals surface area (Å²) >= 11 is 3.81. The highest BCUT2D eigenvalue weighted by Gasteiger charge is 2.50. The predicted octanol–water partition coefficient (Wildman–Crippen LogP) is -0.643. The Kier molecular flexibility index (Phi) is 8.67. The Morgan fingerprint density at radius 1 is 1.37 bits per heavy atom. The fourth-order valence-electron chi connectivity index (χ4n) is 2.69. The quantitative estimate of drug-likeness (QED) is 0.184. The number of aliphatic hydroxyl groups is 5. The van der Waals surface area contributed by atoms with Crippen molar-refractivity contribution in [3.8, 4) is 0 Å². The van der Waals surface area contributed by atoms with Crippen LogP contribution in [0.2, 0.25) is 0 Å². The summed E-state index contributed by atoms with van der Waals surface area (Å²) in [5.74, 6) is -1.17. The molecule has 1 aromatic heterocycles. The van der Waals surface area contributed by atoms with Gasteiger partial charge in [0.15, 0.2) is 6.10 Å². The first kappa shape index (κ1) is 22.9. The van der Waals surface area contributed by atoms with Crippen LogP contribution < -0.4 is 0 Å². The third kappa shape index (κ3) is 5.18. The van der Waals surface area contributed by atoms with Crippen molar-refractivity contribution in [2.45, 2.75) is 30.3 Å². The van der Waals surface area contributed by atoms with Crippen LogP contribution in [-0.2, 0) is 16.0 Å². The molecule has 1 heterocycles. The van der Waals surface area contributed by atoms with E-state index >= 15 is 0 Å². The van der Waals surface area contributed by atoms with Crippen molar-refractivity contribution < 1.29 is 35.1 Å². The van der Waals surface area contributed by atoms with Crippen molar-refractivity contribution in [1.29, 1.82) is 5.41 Å². The van der Waals surface area contributed by atoms with E-state index in [-0.39, 0.29) is 6.42 Å². The lowest BCUT2D eigenvalue weighted by Gasteiger charge is -2.37. The number of rotatable bonds is 7. The highest BCUT2D eigenvalue weighted by Crippen LogP contribution is 2.29. The number of aromatic amines is 1. The number of H-pyrrole nitrogens is 1. The lowest BCUT2D eigenvalue weighted by atomic mass is 9.81. The Labute approximate surface area is 160 Å². The minimum absolute atomic E-state index is 0.356. The molecule has 4 atom stereocenters. The van der Waals surface area contributed by atoms with Gasteiger partial charge in [-0.2, -0.15) is 0 Å². The number of hydrogen-bond acceptors (Lipinski definition) is 9. The van der Waals surface area contributed by atoms with E-state index in [0.717, 1.165) is 18.0 Å². The number of esters is 1. The van der Waals surface area contributed by atoms with Gasteiger partial charge in [-0.15, -0.1) is 0 Å². The van der Waals surface area contributed by atoms with Gasteiger partial charge in [0, 0.05) is 23.5 Å². The van der Waals surface area contributed by atoms with Gasteiger partial charge in [-0.25, -0.2) is 10.2 Å². The van der Waals surface area contributed by atoms with Gasteiger partial charge in [-0.1, -0.05) is 18.2 Å². The van der Waals surface area contributed by atoms with Crippen molar-refractivity contribution in [2.24, 2.45) is 0 Å². The van der Waals surface area contributed by atoms with E-state index in [1.54, 1.807) is 29.6 Å². The van der Waals surface area contributed by atoms with Crippen LogP contribution in [0.3, 0.4) is 0 Å². The molecule has 0 spiro atoms. The first-order valence-electron chi connectivity index (χ1n) is 7.80. The van der Waals surface area contributed by atoms with Crippen molar-refractivity contribution in [3.63, 3.8) is 0 Å². The standard InChI is InChI=1S/C16H21NO7.CHNS/c1-24-15(22)14(21)16(23,13(20)12(19)8-18)6-9-7-17-11-5-3-2-4-10(9)11;2-1-3/h2-5,7,12-14,17-21,23H,6,8H2,1H3;2H/t12-,13-,14+,16+;/m1./s1. The number of para-hydroxylation sites is 1. The molecular formula is C17H22N2O7S. The molecule has 0 aliphatic heterocycles. The zero-order chi connectivity index (χ0) is 20.6. The Bertz CT molecular complexity index is 790. The normalized spacial score (nSPS) is 16.2. The summed E-state index contributed by atoms with van der Waals surface area (Å²) in [7, 11) is 1.02. The molecule has 0 saturated carbocycles. The van der Waals surface area contributed by atoms with Crippen molar-refractivity contribution in [2.75, 3.05) is 13.7 Å². The van der Waals surface area contributed by atoms with E-state index in [2.05, 4.69) is 21.9 Å². The monoisotopic (exact) mass is 398 g/mol. The van der Waals surface area contributed by atoms with Gasteiger partial charge >= 0.3 is 5.97 Å². The fourth-order valence-corrected chi connectivity index (χ4v) is 2.69. The summed E-state index contributed by atoms with van der Waals surface area (Å²) in [4.78, 5) is 14.6. The molecule has 0 unspecified atom stereocenters. The number of carbonyl (C=O) groups excluding carboxylic acids is 1. The SMILES string of the molecule is COC(=O)[C@H](O)[C@](O)(Cc1c[nH]c2ccccc12)[C@H](O)[C@H](O)CO.N=C=S. The van der Waals surface area contributed by atoms with E-state index in [9.17, 15) is 25.2 Å². The molecule has 0 amide bonds. The molecular weight excluding hydrogens is 376 g/mol. The topological polar surface area (TPSA) is 167 Å². The van der Waals surface area contributed by atoms with E-state index in [1.807, 2.05) is 6.07 Å². The second-order valence-electron chi connectivity index (χ2n) is 5.75. The zero-order valence-electron chi connectivity index (χ0n) is 14.5. The number of benzene rings is 1. The average molecular weight is 398 g/mol. The number of fused-ring (bicyclic) bond motifs is 1. The largest absolute Gasteiger partial charge is 0.467 e. The number of carbonyl (C=O) groups is 1. The highest BCUT2D eigenvalue weighted by molar-refractivity contribution is 7.78. The Hall–Kier alpha value is -2.17. The molecule has 7 N–H and O–H groups in total. The first-order valence-corrected chi connectivity index (χ1v) is 8.21. The highest BCUT2D eigenvalue weighted by atomic mass is 32.1. The molecule has 0 bridgehead atoms. The molecule has 0 saturated heterocycles. The van der Waals surface area contributed by atoms with E-state index in [1.165, 1.54) is 0 Å². The van der Waals surface area contributed by atoms with Gasteiger partial charge in [0.05, 0.1) is 18.9 Å². The summed E-state index contributed by atoms with van der Waals surface area (Å²) in [5.41, 5.74) is -1.18. The predicted molar refractivity (Wildman–Crippen MR) is 99.4 cm³/mol. The van der Waals surface area contributed by atoms with Gasteiger partial charge in [0.1, 0.15) is 17.8 Å². The maximum Gasteiger partial charge on any atom is 0.337 e. The van der Waals surface area contributed by atoms with Crippen molar-refractivity contribution in [3.05, 3.63) is 36.0 Å². The van der Waals surface area contributed by atoms with Gasteiger partial charge < -0.3 is 35.3 Å². The van der Waals surface area contributed by atoms with Crippen molar-refractivity contribution >= 4 is 34.3 Å². The molecule has 10 heteroatoms. The Morgan fingerprint density at radius 3 is 2.52 bits per heavy atom. The minimum Gasteiger partial charge on any atom is -0.467 e. The van der Waals surface area contributed by atoms with Crippen LogP contribution in [0.4, 0.5) is 0 Å². The summed E-state index contributed by atoms with van der Waals surface area (Å²) in [6, 6.07) is 7.14. The molecule has 1 aromatic carbocycles. The molecule has 27 heavy (non-hydrogen) atoms. The zero-order valence-corrected chi connectivity index (χ0v) is 15.3. The molecule has 2 aromatic rings.